The summed E-state index contributed by atoms with van der Waals surface area (Å²) < 4.78 is 25.8. The Kier molecular flexibility index (Phi) is 5.06. The van der Waals surface area contributed by atoms with Crippen molar-refractivity contribution in [3.8, 4) is 0 Å². The highest BCUT2D eigenvalue weighted by molar-refractivity contribution is 7.89. The molecule has 112 valence electrons. The van der Waals surface area contributed by atoms with Crippen molar-refractivity contribution in [1.82, 2.24) is 19.6 Å². The molecule has 0 spiro atoms. The quantitative estimate of drug-likeness (QED) is 0.865. The number of hydrogen-bond acceptors (Lipinski definition) is 5. The number of sulfonamides is 1. The van der Waals surface area contributed by atoms with Gasteiger partial charge in [-0.25, -0.2) is 23.1 Å². The molecule has 0 atom stereocenters. The van der Waals surface area contributed by atoms with Crippen LogP contribution in [-0.2, 0) is 16.6 Å². The first-order chi connectivity index (χ1) is 9.48. The average molecular weight is 298 g/mol. The zero-order valence-corrected chi connectivity index (χ0v) is 12.9. The van der Waals surface area contributed by atoms with Crippen LogP contribution >= 0.6 is 0 Å². The van der Waals surface area contributed by atoms with E-state index in [1.54, 1.807) is 13.1 Å². The molecule has 0 saturated carbocycles. The fourth-order valence-corrected chi connectivity index (χ4v) is 3.23. The Morgan fingerprint density at radius 2 is 2.10 bits per heavy atom. The molecule has 1 aromatic rings. The molecule has 1 aliphatic heterocycles. The fraction of sp³-hybridized carbons (Fsp3) is 0.692. The van der Waals surface area contributed by atoms with Gasteiger partial charge in [0.1, 0.15) is 5.82 Å². The summed E-state index contributed by atoms with van der Waals surface area (Å²) in [6.07, 6.45) is 3.45. The maximum Gasteiger partial charge on any atom is 0.211 e. The zero-order chi connectivity index (χ0) is 14.6. The predicted molar refractivity (Wildman–Crippen MR) is 77.7 cm³/mol. The van der Waals surface area contributed by atoms with Crippen LogP contribution < -0.4 is 4.72 Å². The van der Waals surface area contributed by atoms with Gasteiger partial charge in [0.05, 0.1) is 12.3 Å². The lowest BCUT2D eigenvalue weighted by Gasteiger charge is -2.31. The summed E-state index contributed by atoms with van der Waals surface area (Å²) in [4.78, 5) is 10.9. The number of aryl methyl sites for hydroxylation is 1. The van der Waals surface area contributed by atoms with E-state index in [1.165, 1.54) is 0 Å². The Labute approximate surface area is 120 Å². The standard InChI is InChI=1S/C13H22N4O2S/c1-3-20(18,19)16-12-5-8-17(9-6-12)10-13-14-7-4-11(2)15-13/h4,7,12,16H,3,5-6,8-10H2,1-2H3. The van der Waals surface area contributed by atoms with Crippen molar-refractivity contribution in [2.24, 2.45) is 0 Å². The molecule has 2 heterocycles. The number of aromatic nitrogens is 2. The van der Waals surface area contributed by atoms with Crippen molar-refractivity contribution in [3.63, 3.8) is 0 Å². The highest BCUT2D eigenvalue weighted by Crippen LogP contribution is 2.13. The molecule has 1 aromatic heterocycles. The van der Waals surface area contributed by atoms with Crippen LogP contribution in [-0.4, -0.2) is 48.2 Å². The van der Waals surface area contributed by atoms with Crippen LogP contribution in [0, 0.1) is 6.92 Å². The maximum absolute atomic E-state index is 11.5. The van der Waals surface area contributed by atoms with Crippen molar-refractivity contribution < 1.29 is 8.42 Å². The Hall–Kier alpha value is -1.05. The smallest absolute Gasteiger partial charge is 0.211 e. The van der Waals surface area contributed by atoms with Gasteiger partial charge in [-0.15, -0.1) is 0 Å². The van der Waals surface area contributed by atoms with Crippen molar-refractivity contribution >= 4 is 10.0 Å². The monoisotopic (exact) mass is 298 g/mol. The summed E-state index contributed by atoms with van der Waals surface area (Å²) in [5.41, 5.74) is 0.973. The Bertz CT molecular complexity index is 539. The summed E-state index contributed by atoms with van der Waals surface area (Å²) in [5.74, 6) is 0.974. The molecule has 0 radical (unpaired) electrons. The number of nitrogens with one attached hydrogen (secondary N) is 1. The summed E-state index contributed by atoms with van der Waals surface area (Å²) in [5, 5.41) is 0. The molecule has 1 N–H and O–H groups in total. The van der Waals surface area contributed by atoms with Crippen molar-refractivity contribution in [3.05, 3.63) is 23.8 Å². The van der Waals surface area contributed by atoms with E-state index in [1.807, 2.05) is 13.0 Å². The molecule has 0 unspecified atom stereocenters. The fourth-order valence-electron chi connectivity index (χ4n) is 2.32. The van der Waals surface area contributed by atoms with Gasteiger partial charge in [-0.3, -0.25) is 4.90 Å². The topological polar surface area (TPSA) is 75.2 Å². The SMILES string of the molecule is CCS(=O)(=O)NC1CCN(Cc2nccc(C)n2)CC1. The molecule has 1 fully saturated rings. The van der Waals surface area contributed by atoms with Crippen LogP contribution in [0.3, 0.4) is 0 Å². The number of piperidine rings is 1. The van der Waals surface area contributed by atoms with Gasteiger partial charge < -0.3 is 0 Å². The van der Waals surface area contributed by atoms with Crippen molar-refractivity contribution in [2.45, 2.75) is 39.3 Å². The molecule has 6 nitrogen and oxygen atoms in total. The van der Waals surface area contributed by atoms with Gasteiger partial charge in [-0.05, 0) is 32.8 Å². The minimum Gasteiger partial charge on any atom is -0.296 e. The second kappa shape index (κ2) is 6.60. The summed E-state index contributed by atoms with van der Waals surface area (Å²) in [7, 11) is -3.09. The molecular formula is C13H22N4O2S. The second-order valence-electron chi connectivity index (χ2n) is 5.19. The third-order valence-electron chi connectivity index (χ3n) is 3.52. The van der Waals surface area contributed by atoms with Gasteiger partial charge in [-0.2, -0.15) is 0 Å². The third-order valence-corrected chi connectivity index (χ3v) is 4.98. The van der Waals surface area contributed by atoms with Gasteiger partial charge >= 0.3 is 0 Å². The van der Waals surface area contributed by atoms with Gasteiger partial charge in [0.25, 0.3) is 0 Å². The zero-order valence-electron chi connectivity index (χ0n) is 12.0. The van der Waals surface area contributed by atoms with Gasteiger partial charge in [0.15, 0.2) is 0 Å². The van der Waals surface area contributed by atoms with E-state index < -0.39 is 10.0 Å². The second-order valence-corrected chi connectivity index (χ2v) is 7.23. The third kappa shape index (κ3) is 4.50. The Morgan fingerprint density at radius 3 is 2.70 bits per heavy atom. The van der Waals surface area contributed by atoms with E-state index >= 15 is 0 Å². The number of rotatable bonds is 5. The molecule has 0 aliphatic carbocycles. The van der Waals surface area contributed by atoms with E-state index in [-0.39, 0.29) is 11.8 Å². The van der Waals surface area contributed by atoms with E-state index in [9.17, 15) is 8.42 Å². The molecule has 20 heavy (non-hydrogen) atoms. The van der Waals surface area contributed by atoms with Crippen LogP contribution in [0.4, 0.5) is 0 Å². The molecule has 7 heteroatoms. The largest absolute Gasteiger partial charge is 0.296 e. The summed E-state index contributed by atoms with van der Waals surface area (Å²) >= 11 is 0. The maximum atomic E-state index is 11.5. The van der Waals surface area contributed by atoms with Gasteiger partial charge in [0, 0.05) is 31.0 Å². The average Bonchev–Trinajstić information content (AvgIpc) is 2.41. The molecule has 0 amide bonds. The first-order valence-corrected chi connectivity index (χ1v) is 8.64. The van der Waals surface area contributed by atoms with Crippen LogP contribution in [0.5, 0.6) is 0 Å². The Morgan fingerprint density at radius 1 is 1.40 bits per heavy atom. The molecule has 0 aromatic carbocycles. The van der Waals surface area contributed by atoms with E-state index in [4.69, 9.17) is 0 Å². The van der Waals surface area contributed by atoms with Crippen LogP contribution in [0.15, 0.2) is 12.3 Å². The molecule has 0 bridgehead atoms. The van der Waals surface area contributed by atoms with Crippen LogP contribution in [0.1, 0.15) is 31.3 Å². The molecule has 1 aliphatic rings. The molecule has 1 saturated heterocycles. The Balaban J connectivity index is 1.83. The van der Waals surface area contributed by atoms with Gasteiger partial charge in [-0.1, -0.05) is 0 Å². The summed E-state index contributed by atoms with van der Waals surface area (Å²) in [6, 6.07) is 1.95. The predicted octanol–water partition coefficient (Wildman–Crippen LogP) is 0.689. The van der Waals surface area contributed by atoms with E-state index in [0.29, 0.717) is 0 Å². The van der Waals surface area contributed by atoms with E-state index in [0.717, 1.165) is 44.0 Å². The highest BCUT2D eigenvalue weighted by atomic mass is 32.2. The lowest BCUT2D eigenvalue weighted by Crippen LogP contribution is -2.44. The number of nitrogens with zero attached hydrogens (tertiary/aromatic N) is 3. The number of hydrogen-bond donors (Lipinski definition) is 1. The lowest BCUT2D eigenvalue weighted by molar-refractivity contribution is 0.195. The molecular weight excluding hydrogens is 276 g/mol. The first-order valence-electron chi connectivity index (χ1n) is 6.99. The summed E-state index contributed by atoms with van der Waals surface area (Å²) in [6.45, 7) is 6.08. The lowest BCUT2D eigenvalue weighted by atomic mass is 10.1. The normalized spacial score (nSPS) is 18.3. The van der Waals surface area contributed by atoms with Gasteiger partial charge in [0.2, 0.25) is 10.0 Å². The first kappa shape index (κ1) is 15.3. The minimum absolute atomic E-state index is 0.0645. The van der Waals surface area contributed by atoms with Crippen LogP contribution in [0.25, 0.3) is 0 Å². The highest BCUT2D eigenvalue weighted by Gasteiger charge is 2.23. The molecule has 2 rings (SSSR count). The van der Waals surface area contributed by atoms with Crippen molar-refractivity contribution in [2.75, 3.05) is 18.8 Å². The van der Waals surface area contributed by atoms with Crippen molar-refractivity contribution in [1.29, 1.82) is 0 Å². The minimum atomic E-state index is -3.09. The van der Waals surface area contributed by atoms with E-state index in [2.05, 4.69) is 19.6 Å². The number of likely N-dealkylation sites (tertiary alicyclic amines) is 1. The van der Waals surface area contributed by atoms with Crippen LogP contribution in [0.2, 0.25) is 0 Å².